The zero-order chi connectivity index (χ0) is 4.83. The van der Waals surface area contributed by atoms with Gasteiger partial charge in [0.05, 0.1) is 6.61 Å². The Kier molecular flexibility index (Phi) is 13.8. The normalized spacial score (nSPS) is 7.71. The Morgan fingerprint density at radius 1 is 1.57 bits per heavy atom. The molecule has 46 valence electrons. The topological polar surface area (TPSA) is 55.5 Å². The van der Waals surface area contributed by atoms with Crippen LogP contribution in [0.2, 0.25) is 0 Å². The summed E-state index contributed by atoms with van der Waals surface area (Å²) in [6, 6.07) is 0. The van der Waals surface area contributed by atoms with E-state index in [9.17, 15) is 0 Å². The lowest BCUT2D eigenvalue weighted by Crippen LogP contribution is -2.01. The van der Waals surface area contributed by atoms with Crippen molar-refractivity contribution in [3.63, 3.8) is 0 Å². The molecule has 0 amide bonds. The molecule has 0 aliphatic rings. The first kappa shape index (κ1) is 10.2. The molecular formula is C3H10ClNO2. The van der Waals surface area contributed by atoms with Gasteiger partial charge in [-0.15, -0.1) is 12.4 Å². The van der Waals surface area contributed by atoms with Crippen LogP contribution in [0.25, 0.3) is 0 Å². The summed E-state index contributed by atoms with van der Waals surface area (Å²) >= 11 is 0. The maximum atomic E-state index is 8.06. The van der Waals surface area contributed by atoms with Crippen LogP contribution in [0.15, 0.2) is 0 Å². The third-order valence-electron chi connectivity index (χ3n) is 0.420. The third kappa shape index (κ3) is 10.7. The summed E-state index contributed by atoms with van der Waals surface area (Å²) in [4.78, 5) is 4.12. The average Bonchev–Trinajstić information content (AvgIpc) is 1.61. The zero-order valence-corrected chi connectivity index (χ0v) is 4.78. The lowest BCUT2D eigenvalue weighted by atomic mass is 10.5. The first-order valence-corrected chi connectivity index (χ1v) is 1.84. The van der Waals surface area contributed by atoms with Gasteiger partial charge >= 0.3 is 0 Å². The predicted molar refractivity (Wildman–Crippen MR) is 29.1 cm³/mol. The van der Waals surface area contributed by atoms with Gasteiger partial charge in [0.25, 0.3) is 0 Å². The Hall–Kier alpha value is 0.170. The molecule has 0 saturated heterocycles. The van der Waals surface area contributed by atoms with Gasteiger partial charge in [0.1, 0.15) is 0 Å². The zero-order valence-electron chi connectivity index (χ0n) is 3.96. The monoisotopic (exact) mass is 127 g/mol. The average molecular weight is 128 g/mol. The molecule has 0 spiro atoms. The molecule has 0 unspecified atom stereocenters. The van der Waals surface area contributed by atoms with Crippen LogP contribution in [0.1, 0.15) is 6.42 Å². The maximum absolute atomic E-state index is 8.06. The molecule has 0 saturated carbocycles. The Bertz CT molecular complexity index is 24.9. The van der Waals surface area contributed by atoms with Crippen LogP contribution in [0.5, 0.6) is 0 Å². The predicted octanol–water partition coefficient (Wildman–Crippen LogP) is -0.319. The molecule has 3 nitrogen and oxygen atoms in total. The summed E-state index contributed by atoms with van der Waals surface area (Å²) in [6.07, 6.45) is 0.622. The molecule has 0 fully saturated rings. The lowest BCUT2D eigenvalue weighted by molar-refractivity contribution is 0.118. The molecule has 0 aromatic rings. The number of hydrogen-bond donors (Lipinski definition) is 2. The van der Waals surface area contributed by atoms with Gasteiger partial charge < -0.3 is 9.94 Å². The summed E-state index contributed by atoms with van der Waals surface area (Å²) < 4.78 is 0. The van der Waals surface area contributed by atoms with Crippen LogP contribution in [0.3, 0.4) is 0 Å². The van der Waals surface area contributed by atoms with Crippen molar-refractivity contribution >= 4 is 12.4 Å². The van der Waals surface area contributed by atoms with Gasteiger partial charge in [-0.1, -0.05) is 0 Å². The fourth-order valence-electron chi connectivity index (χ4n) is 0.148. The van der Waals surface area contributed by atoms with Gasteiger partial charge in [-0.2, -0.15) is 0 Å². The Morgan fingerprint density at radius 3 is 2.29 bits per heavy atom. The second-order valence-corrected chi connectivity index (χ2v) is 0.948. The number of hydrogen-bond acceptors (Lipinski definition) is 3. The van der Waals surface area contributed by atoms with E-state index >= 15 is 0 Å². The fourth-order valence-corrected chi connectivity index (χ4v) is 0.148. The molecule has 0 heterocycles. The molecule has 0 bridgehead atoms. The summed E-state index contributed by atoms with van der Waals surface area (Å²) in [5.41, 5.74) is 0. The smallest absolute Gasteiger partial charge is 0.0701 e. The minimum absolute atomic E-state index is 0. The van der Waals surface area contributed by atoms with Crippen molar-refractivity contribution in [1.82, 2.24) is 0 Å². The second-order valence-electron chi connectivity index (χ2n) is 0.948. The van der Waals surface area contributed by atoms with E-state index in [0.29, 0.717) is 13.0 Å². The molecule has 0 aromatic heterocycles. The van der Waals surface area contributed by atoms with E-state index in [0.717, 1.165) is 0 Å². The minimum atomic E-state index is 0. The van der Waals surface area contributed by atoms with Gasteiger partial charge in [0.2, 0.25) is 0 Å². The molecule has 0 atom stereocenters. The highest BCUT2D eigenvalue weighted by Gasteiger charge is 1.76. The first-order chi connectivity index (χ1) is 2.91. The van der Waals surface area contributed by atoms with Gasteiger partial charge in [-0.25, -0.2) is 5.90 Å². The van der Waals surface area contributed by atoms with E-state index in [4.69, 9.17) is 5.11 Å². The summed E-state index contributed by atoms with van der Waals surface area (Å²) in [7, 11) is 0. The van der Waals surface area contributed by atoms with Gasteiger partial charge in [0, 0.05) is 6.61 Å². The van der Waals surface area contributed by atoms with Gasteiger partial charge in [0.15, 0.2) is 0 Å². The number of halogens is 1. The molecule has 3 N–H and O–H groups in total. The Morgan fingerprint density at radius 2 is 2.14 bits per heavy atom. The largest absolute Gasteiger partial charge is 0.396 e. The SMILES string of the molecule is Cl.NOCCCO. The second kappa shape index (κ2) is 9.48. The van der Waals surface area contributed by atoms with Crippen LogP contribution in [-0.4, -0.2) is 18.3 Å². The quantitative estimate of drug-likeness (QED) is 0.404. The minimum Gasteiger partial charge on any atom is -0.396 e. The summed E-state index contributed by atoms with van der Waals surface area (Å²) in [6.45, 7) is 0.591. The number of aliphatic hydroxyl groups is 1. The van der Waals surface area contributed by atoms with Crippen LogP contribution < -0.4 is 5.90 Å². The fraction of sp³-hybridized carbons (Fsp3) is 1.00. The van der Waals surface area contributed by atoms with Crippen molar-refractivity contribution in [2.45, 2.75) is 6.42 Å². The molecule has 0 aliphatic carbocycles. The Balaban J connectivity index is 0. The Labute approximate surface area is 48.8 Å². The van der Waals surface area contributed by atoms with Gasteiger partial charge in [-0.05, 0) is 6.42 Å². The molecule has 0 aromatic carbocycles. The maximum Gasteiger partial charge on any atom is 0.0701 e. The van der Waals surface area contributed by atoms with Crippen LogP contribution in [0.4, 0.5) is 0 Å². The highest BCUT2D eigenvalue weighted by molar-refractivity contribution is 5.85. The molecule has 0 rings (SSSR count). The van der Waals surface area contributed by atoms with E-state index in [2.05, 4.69) is 10.7 Å². The van der Waals surface area contributed by atoms with E-state index in [1.807, 2.05) is 0 Å². The van der Waals surface area contributed by atoms with Crippen molar-refractivity contribution in [2.75, 3.05) is 13.2 Å². The molecule has 7 heavy (non-hydrogen) atoms. The standard InChI is InChI=1S/C3H9NO2.ClH/c4-6-3-1-2-5;/h5H,1-4H2;1H. The lowest BCUT2D eigenvalue weighted by Gasteiger charge is -1.88. The highest BCUT2D eigenvalue weighted by Crippen LogP contribution is 1.70. The summed E-state index contributed by atoms with van der Waals surface area (Å²) in [5, 5.41) is 8.06. The molecule has 4 heteroatoms. The van der Waals surface area contributed by atoms with Crippen molar-refractivity contribution in [3.05, 3.63) is 0 Å². The number of nitrogens with two attached hydrogens (primary N) is 1. The van der Waals surface area contributed by atoms with Crippen molar-refractivity contribution in [1.29, 1.82) is 0 Å². The van der Waals surface area contributed by atoms with E-state index in [-0.39, 0.29) is 19.0 Å². The number of rotatable bonds is 3. The molecule has 0 aliphatic heterocycles. The van der Waals surface area contributed by atoms with Crippen LogP contribution >= 0.6 is 12.4 Å². The van der Waals surface area contributed by atoms with Gasteiger partial charge in [-0.3, -0.25) is 0 Å². The van der Waals surface area contributed by atoms with E-state index in [1.165, 1.54) is 0 Å². The highest BCUT2D eigenvalue weighted by atomic mass is 35.5. The first-order valence-electron chi connectivity index (χ1n) is 1.84. The van der Waals surface area contributed by atoms with Crippen molar-refractivity contribution in [3.8, 4) is 0 Å². The molecular weight excluding hydrogens is 117 g/mol. The van der Waals surface area contributed by atoms with Crippen LogP contribution in [-0.2, 0) is 4.84 Å². The summed E-state index contributed by atoms with van der Waals surface area (Å²) in [5.74, 6) is 4.60. The van der Waals surface area contributed by atoms with Crippen molar-refractivity contribution in [2.24, 2.45) is 5.90 Å². The molecule has 0 radical (unpaired) electrons. The van der Waals surface area contributed by atoms with E-state index in [1.54, 1.807) is 0 Å². The van der Waals surface area contributed by atoms with Crippen LogP contribution in [0, 0.1) is 0 Å². The van der Waals surface area contributed by atoms with Crippen molar-refractivity contribution < 1.29 is 9.94 Å². The van der Waals surface area contributed by atoms with E-state index < -0.39 is 0 Å². The third-order valence-corrected chi connectivity index (χ3v) is 0.420. The number of aliphatic hydroxyl groups excluding tert-OH is 1.